The minimum atomic E-state index is -4.00. The molecule has 1 saturated heterocycles. The van der Waals surface area contributed by atoms with E-state index in [4.69, 9.17) is 9.84 Å². The predicted molar refractivity (Wildman–Crippen MR) is 135 cm³/mol. The van der Waals surface area contributed by atoms with Crippen molar-refractivity contribution in [3.05, 3.63) is 66.5 Å². The third-order valence-corrected chi connectivity index (χ3v) is 7.50. The Kier molecular flexibility index (Phi) is 6.33. The molecule has 5 rings (SSSR count). The molecule has 1 aliphatic heterocycles. The number of carboxylic acid groups (broad SMARTS) is 1. The minimum absolute atomic E-state index is 0.0112. The van der Waals surface area contributed by atoms with Crippen molar-refractivity contribution in [3.8, 4) is 11.1 Å². The number of aliphatic carboxylic acids is 1. The van der Waals surface area contributed by atoms with E-state index in [1.165, 1.54) is 30.6 Å². The van der Waals surface area contributed by atoms with Crippen LogP contribution in [0.25, 0.3) is 22.2 Å². The van der Waals surface area contributed by atoms with Crippen molar-refractivity contribution in [1.82, 2.24) is 15.0 Å². The van der Waals surface area contributed by atoms with Crippen LogP contribution >= 0.6 is 0 Å². The number of fused-ring (bicyclic) bond motifs is 1. The summed E-state index contributed by atoms with van der Waals surface area (Å²) in [6.07, 6.45) is 2.94. The highest BCUT2D eigenvalue weighted by molar-refractivity contribution is 7.92. The molecule has 1 fully saturated rings. The molecule has 4 aromatic rings. The van der Waals surface area contributed by atoms with Gasteiger partial charge >= 0.3 is 5.97 Å². The fraction of sp³-hybridized carbons (Fsp3) is 0.240. The number of benzene rings is 2. The quantitative estimate of drug-likeness (QED) is 0.329. The Morgan fingerprint density at radius 1 is 1.17 bits per heavy atom. The van der Waals surface area contributed by atoms with Gasteiger partial charge < -0.3 is 19.7 Å². The van der Waals surface area contributed by atoms with Crippen LogP contribution in [-0.4, -0.2) is 54.3 Å². The molecule has 2 aromatic carbocycles. The monoisotopic (exact) mass is 507 g/mol. The molecule has 0 saturated carbocycles. The molecule has 0 bridgehead atoms. The van der Waals surface area contributed by atoms with E-state index in [2.05, 4.69) is 19.7 Å². The third-order valence-electron chi connectivity index (χ3n) is 6.13. The molecule has 3 N–H and O–H groups in total. The molecule has 1 aliphatic rings. The lowest BCUT2D eigenvalue weighted by Crippen LogP contribution is -2.31. The summed E-state index contributed by atoms with van der Waals surface area (Å²) in [6.45, 7) is 0.679. The molecule has 186 valence electrons. The first-order chi connectivity index (χ1) is 17.3. The number of aromatic nitrogens is 3. The molecular formula is C25H25N5O5S. The van der Waals surface area contributed by atoms with Crippen LogP contribution in [0.15, 0.2) is 65.8 Å². The summed E-state index contributed by atoms with van der Waals surface area (Å²) in [6, 6.07) is 15.2. The van der Waals surface area contributed by atoms with Gasteiger partial charge in [-0.15, -0.1) is 0 Å². The second kappa shape index (κ2) is 9.59. The Bertz CT molecular complexity index is 1500. The van der Waals surface area contributed by atoms with Crippen LogP contribution in [0.3, 0.4) is 0 Å². The molecule has 1 unspecified atom stereocenters. The number of anilines is 2. The number of rotatable bonds is 8. The Hall–Kier alpha value is -3.96. The lowest BCUT2D eigenvalue weighted by Gasteiger charge is -2.25. The average molecular weight is 508 g/mol. The summed E-state index contributed by atoms with van der Waals surface area (Å²) in [4.78, 5) is 24.9. The van der Waals surface area contributed by atoms with E-state index in [0.717, 1.165) is 18.4 Å². The van der Waals surface area contributed by atoms with Gasteiger partial charge in [-0.2, -0.15) is 0 Å². The van der Waals surface area contributed by atoms with Crippen LogP contribution in [0.5, 0.6) is 0 Å². The maximum atomic E-state index is 13.3. The highest BCUT2D eigenvalue weighted by Crippen LogP contribution is 2.40. The van der Waals surface area contributed by atoms with Crippen molar-refractivity contribution in [3.63, 3.8) is 0 Å². The molecule has 1 atom stereocenters. The number of nitrogens with zero attached hydrogens (tertiary/aromatic N) is 3. The largest absolute Gasteiger partial charge is 0.481 e. The fourth-order valence-corrected chi connectivity index (χ4v) is 5.44. The average Bonchev–Trinajstić information content (AvgIpc) is 3.52. The third kappa shape index (κ3) is 4.62. The zero-order valence-electron chi connectivity index (χ0n) is 19.5. The zero-order chi connectivity index (χ0) is 25.3. The van der Waals surface area contributed by atoms with Gasteiger partial charge in [0.25, 0.3) is 10.0 Å². The van der Waals surface area contributed by atoms with E-state index < -0.39 is 16.0 Å². The zero-order valence-corrected chi connectivity index (χ0v) is 20.3. The number of hydrogen-bond acceptors (Lipinski definition) is 7. The van der Waals surface area contributed by atoms with E-state index >= 15 is 0 Å². The highest BCUT2D eigenvalue weighted by atomic mass is 32.2. The fourth-order valence-electron chi connectivity index (χ4n) is 4.40. The van der Waals surface area contributed by atoms with E-state index in [-0.39, 0.29) is 23.4 Å². The highest BCUT2D eigenvalue weighted by Gasteiger charge is 2.28. The van der Waals surface area contributed by atoms with Crippen LogP contribution in [0.4, 0.5) is 11.6 Å². The van der Waals surface area contributed by atoms with Gasteiger partial charge in [0.05, 0.1) is 16.7 Å². The number of H-pyrrole nitrogens is 1. The van der Waals surface area contributed by atoms with Gasteiger partial charge in [0.2, 0.25) is 0 Å². The number of hydrogen-bond donors (Lipinski definition) is 3. The summed E-state index contributed by atoms with van der Waals surface area (Å²) < 4.78 is 35.1. The van der Waals surface area contributed by atoms with Crippen LogP contribution in [-0.2, 0) is 26.0 Å². The lowest BCUT2D eigenvalue weighted by molar-refractivity contribution is -0.136. The normalized spacial score (nSPS) is 15.8. The first-order valence-corrected chi connectivity index (χ1v) is 12.9. The first kappa shape index (κ1) is 23.8. The maximum Gasteiger partial charge on any atom is 0.307 e. The van der Waals surface area contributed by atoms with Crippen molar-refractivity contribution in [2.45, 2.75) is 30.4 Å². The Labute approximate surface area is 208 Å². The molecule has 0 radical (unpaired) electrons. The summed E-state index contributed by atoms with van der Waals surface area (Å²) in [5.74, 6) is -0.0991. The van der Waals surface area contributed by atoms with Crippen molar-refractivity contribution in [2.24, 2.45) is 0 Å². The molecule has 36 heavy (non-hydrogen) atoms. The molecule has 10 nitrogen and oxygen atoms in total. The van der Waals surface area contributed by atoms with Gasteiger partial charge in [-0.1, -0.05) is 42.5 Å². The van der Waals surface area contributed by atoms with Crippen molar-refractivity contribution >= 4 is 38.7 Å². The Morgan fingerprint density at radius 2 is 1.92 bits per heavy atom. The summed E-state index contributed by atoms with van der Waals surface area (Å²) >= 11 is 0. The smallest absolute Gasteiger partial charge is 0.307 e. The summed E-state index contributed by atoms with van der Waals surface area (Å²) in [7, 11) is -2.10. The second-order valence-electron chi connectivity index (χ2n) is 8.56. The van der Waals surface area contributed by atoms with Crippen LogP contribution in [0.1, 0.15) is 18.4 Å². The number of sulfonamides is 1. The minimum Gasteiger partial charge on any atom is -0.481 e. The molecule has 0 aliphatic carbocycles. The predicted octanol–water partition coefficient (Wildman–Crippen LogP) is 3.63. The van der Waals surface area contributed by atoms with E-state index in [1.807, 2.05) is 42.3 Å². The summed E-state index contributed by atoms with van der Waals surface area (Å²) in [5.41, 5.74) is 2.40. The van der Waals surface area contributed by atoms with E-state index in [0.29, 0.717) is 34.6 Å². The molecule has 0 amide bonds. The van der Waals surface area contributed by atoms with Gasteiger partial charge in [0, 0.05) is 19.2 Å². The molecule has 2 aromatic heterocycles. The standard InChI is InChI=1S/C25H25N5O5S/c1-30(19-8-5-13-35-19)25-22-21(17-6-3-2-4-7-17)24(28-23(22)26-15-27-25)29-36(33,34)18-11-9-16(10-12-18)14-20(31)32/h2-4,6-7,9-12,15,19,29H,5,8,13-14H2,1H3,(H,31,32)(H,26,27,28). The van der Waals surface area contributed by atoms with E-state index in [9.17, 15) is 13.2 Å². The number of nitrogens with one attached hydrogen (secondary N) is 2. The van der Waals surface area contributed by atoms with Crippen molar-refractivity contribution < 1.29 is 23.1 Å². The summed E-state index contributed by atoms with van der Waals surface area (Å²) in [5, 5.41) is 9.65. The van der Waals surface area contributed by atoms with Gasteiger partial charge in [-0.05, 0) is 36.1 Å². The Morgan fingerprint density at radius 3 is 2.58 bits per heavy atom. The molecular weight excluding hydrogens is 482 g/mol. The van der Waals surface area contributed by atoms with Crippen molar-refractivity contribution in [2.75, 3.05) is 23.3 Å². The number of ether oxygens (including phenoxy) is 1. The second-order valence-corrected chi connectivity index (χ2v) is 10.2. The van der Waals surface area contributed by atoms with Crippen LogP contribution in [0, 0.1) is 0 Å². The maximum absolute atomic E-state index is 13.3. The Balaban J connectivity index is 1.60. The van der Waals surface area contributed by atoms with Crippen LogP contribution < -0.4 is 9.62 Å². The number of aromatic amines is 1. The van der Waals surface area contributed by atoms with Crippen molar-refractivity contribution in [1.29, 1.82) is 0 Å². The SMILES string of the molecule is CN(c1ncnc2[nH]c(NS(=O)(=O)c3ccc(CC(=O)O)cc3)c(-c3ccccc3)c12)C1CCCO1. The molecule has 11 heteroatoms. The first-order valence-electron chi connectivity index (χ1n) is 11.4. The lowest BCUT2D eigenvalue weighted by atomic mass is 10.0. The topological polar surface area (TPSA) is 138 Å². The number of carboxylic acids is 1. The van der Waals surface area contributed by atoms with Gasteiger partial charge in [-0.25, -0.2) is 18.4 Å². The van der Waals surface area contributed by atoms with Gasteiger partial charge in [0.1, 0.15) is 29.8 Å². The van der Waals surface area contributed by atoms with Gasteiger partial charge in [-0.3, -0.25) is 9.52 Å². The van der Waals surface area contributed by atoms with E-state index in [1.54, 1.807) is 0 Å². The molecule has 0 spiro atoms. The van der Waals surface area contributed by atoms with Crippen LogP contribution in [0.2, 0.25) is 0 Å². The molecule has 3 heterocycles. The van der Waals surface area contributed by atoms with Gasteiger partial charge in [0.15, 0.2) is 0 Å². The number of carbonyl (C=O) groups is 1.